The van der Waals surface area contributed by atoms with Crippen LogP contribution in [-0.2, 0) is 30.7 Å². The predicted octanol–water partition coefficient (Wildman–Crippen LogP) is 1.86. The number of rotatable bonds is 8. The second-order valence-corrected chi connectivity index (χ2v) is 6.49. The molecule has 2 heterocycles. The van der Waals surface area contributed by atoms with Gasteiger partial charge in [0.25, 0.3) is 0 Å². The number of nitrogens with one attached hydrogen (secondary N) is 1. The fraction of sp³-hybridized carbons (Fsp3) is 0.350. The minimum atomic E-state index is -0.264. The lowest BCUT2D eigenvalue weighted by atomic mass is 10.1. The van der Waals surface area contributed by atoms with Crippen LogP contribution in [0, 0.1) is 13.8 Å². The van der Waals surface area contributed by atoms with Crippen molar-refractivity contribution >= 4 is 5.91 Å². The van der Waals surface area contributed by atoms with Gasteiger partial charge in [0.05, 0.1) is 0 Å². The molecule has 0 aliphatic carbocycles. The van der Waals surface area contributed by atoms with Gasteiger partial charge >= 0.3 is 5.69 Å². The quantitative estimate of drug-likeness (QED) is 0.658. The van der Waals surface area contributed by atoms with Gasteiger partial charge in [-0.3, -0.25) is 9.36 Å². The molecule has 1 aromatic carbocycles. The third kappa shape index (κ3) is 4.97. The normalized spacial score (nSPS) is 10.9. The van der Waals surface area contributed by atoms with Gasteiger partial charge in [-0.25, -0.2) is 9.48 Å². The van der Waals surface area contributed by atoms with Crippen molar-refractivity contribution in [2.24, 2.45) is 0 Å². The van der Waals surface area contributed by atoms with E-state index in [0.717, 1.165) is 23.5 Å². The van der Waals surface area contributed by atoms with E-state index >= 15 is 0 Å². The van der Waals surface area contributed by atoms with E-state index in [1.165, 1.54) is 4.68 Å². The van der Waals surface area contributed by atoms with Gasteiger partial charge in [0.1, 0.15) is 23.9 Å². The SMILES string of the molecule is Cc1ccc(CCNC(=O)Cn2nc(C)n(CCc3ccccc3)c2=O)o1. The highest BCUT2D eigenvalue weighted by Crippen LogP contribution is 2.06. The van der Waals surface area contributed by atoms with E-state index < -0.39 is 0 Å². The summed E-state index contributed by atoms with van der Waals surface area (Å²) in [6.07, 6.45) is 1.35. The lowest BCUT2D eigenvalue weighted by molar-refractivity contribution is -0.121. The molecular formula is C20H24N4O3. The highest BCUT2D eigenvalue weighted by Gasteiger charge is 2.13. The van der Waals surface area contributed by atoms with Crippen molar-refractivity contribution in [3.05, 3.63) is 75.9 Å². The zero-order valence-electron chi connectivity index (χ0n) is 15.6. The van der Waals surface area contributed by atoms with Crippen molar-refractivity contribution in [1.82, 2.24) is 19.7 Å². The van der Waals surface area contributed by atoms with E-state index in [-0.39, 0.29) is 18.1 Å². The highest BCUT2D eigenvalue weighted by atomic mass is 16.3. The van der Waals surface area contributed by atoms with Crippen molar-refractivity contribution < 1.29 is 9.21 Å². The predicted molar refractivity (Wildman–Crippen MR) is 102 cm³/mol. The van der Waals surface area contributed by atoms with Gasteiger partial charge in [0.15, 0.2) is 0 Å². The first-order valence-electron chi connectivity index (χ1n) is 9.03. The van der Waals surface area contributed by atoms with Gasteiger partial charge in [-0.15, -0.1) is 0 Å². The van der Waals surface area contributed by atoms with Crippen LogP contribution >= 0.6 is 0 Å². The molecule has 142 valence electrons. The summed E-state index contributed by atoms with van der Waals surface area (Å²) in [4.78, 5) is 24.6. The summed E-state index contributed by atoms with van der Waals surface area (Å²) in [6, 6.07) is 13.7. The molecule has 1 N–H and O–H groups in total. The zero-order valence-corrected chi connectivity index (χ0v) is 15.6. The van der Waals surface area contributed by atoms with E-state index in [9.17, 15) is 9.59 Å². The largest absolute Gasteiger partial charge is 0.466 e. The number of carbonyl (C=O) groups excluding carboxylic acids is 1. The van der Waals surface area contributed by atoms with Crippen molar-refractivity contribution in [2.75, 3.05) is 6.54 Å². The molecule has 7 heteroatoms. The Morgan fingerprint density at radius 3 is 2.59 bits per heavy atom. The maximum atomic E-state index is 12.5. The average Bonchev–Trinajstić information content (AvgIpc) is 3.17. The monoisotopic (exact) mass is 368 g/mol. The van der Waals surface area contributed by atoms with E-state index in [1.54, 1.807) is 11.5 Å². The zero-order chi connectivity index (χ0) is 19.2. The van der Waals surface area contributed by atoms with Crippen LogP contribution in [-0.4, -0.2) is 26.8 Å². The van der Waals surface area contributed by atoms with E-state index in [0.29, 0.717) is 25.3 Å². The standard InChI is InChI=1S/C20H24N4O3/c1-15-8-9-18(27-15)10-12-21-19(25)14-24-20(26)23(16(2)22-24)13-11-17-6-4-3-5-7-17/h3-9H,10-14H2,1-2H3,(H,21,25). The summed E-state index contributed by atoms with van der Waals surface area (Å²) < 4.78 is 8.28. The van der Waals surface area contributed by atoms with E-state index in [2.05, 4.69) is 10.4 Å². The van der Waals surface area contributed by atoms with Crippen molar-refractivity contribution in [3.8, 4) is 0 Å². The number of benzene rings is 1. The Kier molecular flexibility index (Phi) is 5.90. The molecule has 2 aromatic heterocycles. The van der Waals surface area contributed by atoms with Crippen LogP contribution < -0.4 is 11.0 Å². The van der Waals surface area contributed by atoms with E-state index in [1.807, 2.05) is 49.4 Å². The molecule has 0 unspecified atom stereocenters. The van der Waals surface area contributed by atoms with Gasteiger partial charge in [-0.2, -0.15) is 5.10 Å². The lowest BCUT2D eigenvalue weighted by Crippen LogP contribution is -2.34. The molecule has 0 saturated carbocycles. The maximum absolute atomic E-state index is 12.5. The Hall–Kier alpha value is -3.09. The second kappa shape index (κ2) is 8.53. The van der Waals surface area contributed by atoms with Crippen LogP contribution in [0.1, 0.15) is 22.9 Å². The van der Waals surface area contributed by atoms with Crippen molar-refractivity contribution in [3.63, 3.8) is 0 Å². The van der Waals surface area contributed by atoms with Gasteiger partial charge in [-0.1, -0.05) is 30.3 Å². The first kappa shape index (κ1) is 18.7. The molecule has 0 aliphatic rings. The molecule has 0 saturated heterocycles. The van der Waals surface area contributed by atoms with Gasteiger partial charge in [0.2, 0.25) is 5.91 Å². The number of amides is 1. The Morgan fingerprint density at radius 1 is 1.11 bits per heavy atom. The molecule has 0 spiro atoms. The number of aromatic nitrogens is 3. The fourth-order valence-corrected chi connectivity index (χ4v) is 2.93. The summed E-state index contributed by atoms with van der Waals surface area (Å²) in [5, 5.41) is 7.01. The molecule has 0 radical (unpaired) electrons. The molecule has 27 heavy (non-hydrogen) atoms. The highest BCUT2D eigenvalue weighted by molar-refractivity contribution is 5.75. The first-order chi connectivity index (χ1) is 13.0. The summed E-state index contributed by atoms with van der Waals surface area (Å²) in [5.41, 5.74) is 0.891. The summed E-state index contributed by atoms with van der Waals surface area (Å²) in [5.74, 6) is 2.04. The molecule has 0 atom stereocenters. The number of hydrogen-bond donors (Lipinski definition) is 1. The fourth-order valence-electron chi connectivity index (χ4n) is 2.93. The number of carbonyl (C=O) groups is 1. The van der Waals surface area contributed by atoms with Gasteiger partial charge in [0, 0.05) is 19.5 Å². The average molecular weight is 368 g/mol. The minimum Gasteiger partial charge on any atom is -0.466 e. The topological polar surface area (TPSA) is 82.1 Å². The number of furan rings is 1. The molecule has 1 amide bonds. The Balaban J connectivity index is 1.53. The smallest absolute Gasteiger partial charge is 0.346 e. The Morgan fingerprint density at radius 2 is 1.89 bits per heavy atom. The van der Waals surface area contributed by atoms with Crippen molar-refractivity contribution in [1.29, 1.82) is 0 Å². The van der Waals surface area contributed by atoms with Crippen LogP contribution in [0.25, 0.3) is 0 Å². The summed E-state index contributed by atoms with van der Waals surface area (Å²) >= 11 is 0. The third-order valence-corrected chi connectivity index (χ3v) is 4.36. The summed E-state index contributed by atoms with van der Waals surface area (Å²) in [7, 11) is 0. The maximum Gasteiger partial charge on any atom is 0.346 e. The molecule has 3 aromatic rings. The van der Waals surface area contributed by atoms with Crippen LogP contribution in [0.15, 0.2) is 51.7 Å². The van der Waals surface area contributed by atoms with Crippen LogP contribution in [0.5, 0.6) is 0 Å². The Bertz CT molecular complexity index is 953. The number of hydrogen-bond acceptors (Lipinski definition) is 4. The van der Waals surface area contributed by atoms with Crippen LogP contribution in [0.3, 0.4) is 0 Å². The van der Waals surface area contributed by atoms with Crippen molar-refractivity contribution in [2.45, 2.75) is 39.8 Å². The number of aryl methyl sites for hydroxylation is 3. The molecular weight excluding hydrogens is 344 g/mol. The molecule has 7 nitrogen and oxygen atoms in total. The molecule has 0 fully saturated rings. The second-order valence-electron chi connectivity index (χ2n) is 6.49. The molecule has 0 aliphatic heterocycles. The number of nitrogens with zero attached hydrogens (tertiary/aromatic N) is 3. The van der Waals surface area contributed by atoms with Gasteiger partial charge in [-0.05, 0) is 38.0 Å². The summed E-state index contributed by atoms with van der Waals surface area (Å²) in [6.45, 7) is 4.56. The van der Waals surface area contributed by atoms with Crippen LogP contribution in [0.2, 0.25) is 0 Å². The molecule has 0 bridgehead atoms. The van der Waals surface area contributed by atoms with Crippen LogP contribution in [0.4, 0.5) is 0 Å². The van der Waals surface area contributed by atoms with E-state index in [4.69, 9.17) is 4.42 Å². The Labute approximate surface area is 157 Å². The minimum absolute atomic E-state index is 0.0881. The third-order valence-electron chi connectivity index (χ3n) is 4.36. The van der Waals surface area contributed by atoms with Gasteiger partial charge < -0.3 is 9.73 Å². The lowest BCUT2D eigenvalue weighted by Gasteiger charge is -2.04. The first-order valence-corrected chi connectivity index (χ1v) is 9.03. The molecule has 3 rings (SSSR count).